The summed E-state index contributed by atoms with van der Waals surface area (Å²) in [5, 5.41) is 13.0. The predicted octanol–water partition coefficient (Wildman–Crippen LogP) is 3.00. The lowest BCUT2D eigenvalue weighted by molar-refractivity contribution is -0.380. The van der Waals surface area contributed by atoms with Gasteiger partial charge in [0.2, 0.25) is 0 Å². The number of benzene rings is 1. The monoisotopic (exact) mass is 414 g/mol. The number of amides is 1. The van der Waals surface area contributed by atoms with E-state index in [2.05, 4.69) is 10.3 Å². The highest BCUT2D eigenvalue weighted by atomic mass is 35.5. The van der Waals surface area contributed by atoms with Gasteiger partial charge in [-0.2, -0.15) is 0 Å². The van der Waals surface area contributed by atoms with Crippen LogP contribution in [0.4, 0.5) is 10.1 Å². The zero-order valence-electron chi connectivity index (χ0n) is 14.8. The molecule has 0 fully saturated rings. The van der Waals surface area contributed by atoms with Gasteiger partial charge in [-0.3, -0.25) is 20.2 Å². The van der Waals surface area contributed by atoms with Crippen LogP contribution in [0.5, 0.6) is 5.75 Å². The Morgan fingerprint density at radius 1 is 1.33 bits per heavy atom. The molecular formula is C16H19ClN4O5S. The topological polar surface area (TPSA) is 137 Å². The van der Waals surface area contributed by atoms with E-state index in [0.29, 0.717) is 0 Å². The minimum atomic E-state index is -0.875. The molecule has 1 aromatic heterocycles. The van der Waals surface area contributed by atoms with Crippen LogP contribution in [0.25, 0.3) is 0 Å². The molecule has 146 valence electrons. The van der Waals surface area contributed by atoms with Crippen LogP contribution in [0.3, 0.4) is 0 Å². The highest BCUT2D eigenvalue weighted by Crippen LogP contribution is 2.27. The van der Waals surface area contributed by atoms with E-state index in [0.717, 1.165) is 17.5 Å². The van der Waals surface area contributed by atoms with E-state index in [1.807, 2.05) is 0 Å². The maximum Gasteiger partial charge on any atom is 0.345 e. The quantitative estimate of drug-likeness (QED) is 0.332. The molecule has 0 saturated heterocycles. The number of esters is 1. The Balaban J connectivity index is 0.00000364. The molecule has 0 aliphatic rings. The fourth-order valence-corrected chi connectivity index (χ4v) is 2.47. The number of carbonyl (C=O) groups excluding carboxylic acids is 2. The van der Waals surface area contributed by atoms with Crippen LogP contribution in [0.15, 0.2) is 30.5 Å². The first-order chi connectivity index (χ1) is 12.1. The summed E-state index contributed by atoms with van der Waals surface area (Å²) in [4.78, 5) is 38.5. The van der Waals surface area contributed by atoms with Gasteiger partial charge < -0.3 is 10.5 Å². The lowest BCUT2D eigenvalue weighted by Gasteiger charge is -2.25. The highest BCUT2D eigenvalue weighted by molar-refractivity contribution is 7.18. The number of aromatic nitrogens is 1. The number of nitro groups is 1. The minimum Gasteiger partial charge on any atom is -0.425 e. The summed E-state index contributed by atoms with van der Waals surface area (Å²) in [6, 6.07) is 5.26. The summed E-state index contributed by atoms with van der Waals surface area (Å²) in [6.45, 7) is 5.40. The summed E-state index contributed by atoms with van der Waals surface area (Å²) in [7, 11) is 0. The van der Waals surface area contributed by atoms with E-state index in [-0.39, 0.29) is 33.9 Å². The second-order valence-corrected chi connectivity index (χ2v) is 7.48. The Morgan fingerprint density at radius 3 is 2.52 bits per heavy atom. The van der Waals surface area contributed by atoms with Crippen molar-refractivity contribution < 1.29 is 19.2 Å². The Labute approximate surface area is 165 Å². The van der Waals surface area contributed by atoms with Gasteiger partial charge in [-0.05, 0) is 28.9 Å². The summed E-state index contributed by atoms with van der Waals surface area (Å²) >= 11 is 0.722. The number of nitrogens with two attached hydrogens (primary N) is 1. The molecule has 1 amide bonds. The van der Waals surface area contributed by atoms with Gasteiger partial charge in [-0.15, -0.1) is 12.4 Å². The van der Waals surface area contributed by atoms with Crippen molar-refractivity contribution in [3.8, 4) is 5.75 Å². The molecule has 1 aromatic carbocycles. The molecular weight excluding hydrogens is 396 g/mol. The summed E-state index contributed by atoms with van der Waals surface area (Å²) < 4.78 is 5.29. The lowest BCUT2D eigenvalue weighted by atomic mass is 9.87. The number of carbonyl (C=O) groups is 2. The van der Waals surface area contributed by atoms with Crippen LogP contribution in [0, 0.1) is 15.5 Å². The molecule has 3 N–H and O–H groups in total. The Morgan fingerprint density at radius 2 is 1.96 bits per heavy atom. The third-order valence-electron chi connectivity index (χ3n) is 3.42. The van der Waals surface area contributed by atoms with E-state index < -0.39 is 28.3 Å². The summed E-state index contributed by atoms with van der Waals surface area (Å²) in [6.07, 6.45) is 1.05. The van der Waals surface area contributed by atoms with Crippen molar-refractivity contribution in [1.29, 1.82) is 0 Å². The molecule has 11 heteroatoms. The van der Waals surface area contributed by atoms with Crippen LogP contribution in [-0.4, -0.2) is 27.8 Å². The molecule has 0 unspecified atom stereocenters. The minimum absolute atomic E-state index is 0. The Bertz CT molecular complexity index is 849. The largest absolute Gasteiger partial charge is 0.425 e. The predicted molar refractivity (Wildman–Crippen MR) is 103 cm³/mol. The van der Waals surface area contributed by atoms with Gasteiger partial charge >= 0.3 is 11.0 Å². The highest BCUT2D eigenvalue weighted by Gasteiger charge is 2.30. The van der Waals surface area contributed by atoms with Crippen molar-refractivity contribution in [1.82, 2.24) is 4.98 Å². The third kappa shape index (κ3) is 5.71. The Kier molecular flexibility index (Phi) is 7.40. The van der Waals surface area contributed by atoms with E-state index in [4.69, 9.17) is 10.5 Å². The van der Waals surface area contributed by atoms with Gasteiger partial charge in [-0.25, -0.2) is 9.78 Å². The van der Waals surface area contributed by atoms with E-state index in [1.54, 1.807) is 32.9 Å². The average molecular weight is 415 g/mol. The lowest BCUT2D eigenvalue weighted by Crippen LogP contribution is -2.44. The van der Waals surface area contributed by atoms with Crippen LogP contribution in [-0.2, 0) is 4.79 Å². The van der Waals surface area contributed by atoms with E-state index in [1.165, 1.54) is 12.1 Å². The number of ether oxygens (including phenoxy) is 1. The molecule has 2 aromatic rings. The molecule has 2 rings (SSSR count). The van der Waals surface area contributed by atoms with Crippen molar-refractivity contribution in [2.75, 3.05) is 5.32 Å². The molecule has 0 aliphatic heterocycles. The van der Waals surface area contributed by atoms with Crippen molar-refractivity contribution in [2.24, 2.45) is 11.1 Å². The molecule has 1 heterocycles. The van der Waals surface area contributed by atoms with Crippen molar-refractivity contribution in [2.45, 2.75) is 26.8 Å². The maximum atomic E-state index is 12.4. The number of para-hydroxylation sites is 1. The van der Waals surface area contributed by atoms with Crippen molar-refractivity contribution >= 4 is 45.8 Å². The number of hydrogen-bond donors (Lipinski definition) is 2. The molecule has 9 nitrogen and oxygen atoms in total. The zero-order chi connectivity index (χ0) is 19.5. The fourth-order valence-electron chi connectivity index (χ4n) is 1.84. The third-order valence-corrected chi connectivity index (χ3v) is 4.29. The normalized spacial score (nSPS) is 11.9. The molecule has 27 heavy (non-hydrogen) atoms. The molecule has 0 aliphatic carbocycles. The van der Waals surface area contributed by atoms with Gasteiger partial charge in [0.15, 0.2) is 5.13 Å². The first-order valence-electron chi connectivity index (χ1n) is 7.57. The summed E-state index contributed by atoms with van der Waals surface area (Å²) in [5.74, 6) is -1.23. The summed E-state index contributed by atoms with van der Waals surface area (Å²) in [5.41, 5.74) is 5.45. The zero-order valence-corrected chi connectivity index (χ0v) is 16.4. The average Bonchev–Trinajstić information content (AvgIpc) is 3.02. The first-order valence-corrected chi connectivity index (χ1v) is 8.39. The Hall–Kier alpha value is -2.56. The van der Waals surface area contributed by atoms with Gasteiger partial charge in [0.05, 0.1) is 10.5 Å². The number of anilines is 1. The van der Waals surface area contributed by atoms with Crippen molar-refractivity contribution in [3.05, 3.63) is 46.1 Å². The number of nitrogens with one attached hydrogen (secondary N) is 1. The number of nitrogens with zero attached hydrogens (tertiary/aromatic N) is 2. The van der Waals surface area contributed by atoms with E-state index >= 15 is 0 Å². The second-order valence-electron chi connectivity index (χ2n) is 6.48. The SMILES string of the molecule is CC(C)(C)[C@H](N)C(=O)Oc1ccccc1C(=O)Nc1ncc([N+](=O)[O-])s1.Cl. The molecule has 0 spiro atoms. The standard InChI is InChI=1S/C16H18N4O5S.ClH/c1-16(2,3)12(17)14(22)25-10-7-5-4-6-9(10)13(21)19-15-18-8-11(26-15)20(23)24;/h4-8,12H,17H2,1-3H3,(H,18,19,21);1H/t12-;/m1./s1. The van der Waals surface area contributed by atoms with Gasteiger partial charge in [0, 0.05) is 0 Å². The van der Waals surface area contributed by atoms with Crippen molar-refractivity contribution in [3.63, 3.8) is 0 Å². The molecule has 0 saturated carbocycles. The molecule has 0 radical (unpaired) electrons. The van der Waals surface area contributed by atoms with Crippen LogP contribution >= 0.6 is 23.7 Å². The molecule has 1 atom stereocenters. The number of halogens is 1. The molecule has 0 bridgehead atoms. The smallest absolute Gasteiger partial charge is 0.345 e. The maximum absolute atomic E-state index is 12.4. The van der Waals surface area contributed by atoms with Gasteiger partial charge in [0.1, 0.15) is 18.0 Å². The first kappa shape index (κ1) is 22.5. The van der Waals surface area contributed by atoms with Crippen LogP contribution in [0.1, 0.15) is 31.1 Å². The number of hydrogen-bond acceptors (Lipinski definition) is 8. The fraction of sp³-hybridized carbons (Fsp3) is 0.312. The number of rotatable bonds is 5. The van der Waals surface area contributed by atoms with Gasteiger partial charge in [-0.1, -0.05) is 32.9 Å². The second kappa shape index (κ2) is 8.89. The number of thiazole rings is 1. The van der Waals surface area contributed by atoms with Gasteiger partial charge in [0.25, 0.3) is 5.91 Å². The van der Waals surface area contributed by atoms with E-state index in [9.17, 15) is 19.7 Å². The van der Waals surface area contributed by atoms with Crippen LogP contribution < -0.4 is 15.8 Å². The van der Waals surface area contributed by atoms with Crippen LogP contribution in [0.2, 0.25) is 0 Å².